The van der Waals surface area contributed by atoms with Crippen LogP contribution < -0.4 is 5.84 Å². The van der Waals surface area contributed by atoms with E-state index in [1.54, 1.807) is 0 Å². The number of hydrogen-bond donors (Lipinski definition) is 1. The van der Waals surface area contributed by atoms with Crippen molar-refractivity contribution in [3.63, 3.8) is 0 Å². The molecule has 1 aromatic carbocycles. The molecular formula is C17H28N2O. The van der Waals surface area contributed by atoms with E-state index in [-0.39, 0.29) is 17.4 Å². The molecule has 0 aliphatic heterocycles. The number of rotatable bonds is 4. The van der Waals surface area contributed by atoms with Gasteiger partial charge in [0.1, 0.15) is 0 Å². The summed E-state index contributed by atoms with van der Waals surface area (Å²) < 4.78 is 0. The fourth-order valence-electron chi connectivity index (χ4n) is 2.65. The molecule has 0 spiro atoms. The van der Waals surface area contributed by atoms with Crippen molar-refractivity contribution in [1.29, 1.82) is 0 Å². The van der Waals surface area contributed by atoms with Gasteiger partial charge in [0.25, 0.3) is 5.91 Å². The highest BCUT2D eigenvalue weighted by atomic mass is 16.2. The number of nitrogens with zero attached hydrogens (tertiary/aromatic N) is 1. The molecule has 0 fully saturated rings. The molecule has 0 saturated heterocycles. The molecule has 0 aliphatic rings. The van der Waals surface area contributed by atoms with Gasteiger partial charge in [-0.25, -0.2) is 5.84 Å². The second kappa shape index (κ2) is 6.40. The molecule has 1 atom stereocenters. The van der Waals surface area contributed by atoms with Gasteiger partial charge in [0.2, 0.25) is 0 Å². The molecule has 112 valence electrons. The van der Waals surface area contributed by atoms with Crippen LogP contribution in [0.4, 0.5) is 0 Å². The maximum atomic E-state index is 12.6. The fourth-order valence-corrected chi connectivity index (χ4v) is 2.65. The highest BCUT2D eigenvalue weighted by Gasteiger charge is 2.31. The maximum absolute atomic E-state index is 12.6. The molecule has 1 unspecified atom stereocenters. The van der Waals surface area contributed by atoms with Crippen LogP contribution in [-0.2, 0) is 0 Å². The molecule has 0 bridgehead atoms. The lowest BCUT2D eigenvalue weighted by Crippen LogP contribution is -2.51. The Hall–Kier alpha value is -1.35. The van der Waals surface area contributed by atoms with E-state index in [9.17, 15) is 4.79 Å². The Morgan fingerprint density at radius 3 is 2.10 bits per heavy atom. The van der Waals surface area contributed by atoms with E-state index < -0.39 is 0 Å². The molecule has 0 aliphatic carbocycles. The lowest BCUT2D eigenvalue weighted by Gasteiger charge is -2.37. The van der Waals surface area contributed by atoms with Gasteiger partial charge in [-0.05, 0) is 37.8 Å². The van der Waals surface area contributed by atoms with Gasteiger partial charge in [0.15, 0.2) is 0 Å². The molecule has 3 heteroatoms. The SMILES string of the molecule is CCCC(N(N)C(=O)c1cc(C)cc(C)c1)C(C)(C)C. The molecule has 0 saturated carbocycles. The summed E-state index contributed by atoms with van der Waals surface area (Å²) >= 11 is 0. The lowest BCUT2D eigenvalue weighted by molar-refractivity contribution is 0.0492. The number of nitrogens with two attached hydrogens (primary N) is 1. The molecule has 3 nitrogen and oxygen atoms in total. The normalized spacial score (nSPS) is 13.2. The van der Waals surface area contributed by atoms with Crippen LogP contribution in [-0.4, -0.2) is 17.0 Å². The van der Waals surface area contributed by atoms with Crippen molar-refractivity contribution < 1.29 is 4.79 Å². The summed E-state index contributed by atoms with van der Waals surface area (Å²) in [7, 11) is 0. The molecule has 1 amide bonds. The first-order valence-corrected chi connectivity index (χ1v) is 7.33. The molecule has 0 heterocycles. The minimum Gasteiger partial charge on any atom is -0.273 e. The highest BCUT2D eigenvalue weighted by molar-refractivity contribution is 5.94. The summed E-state index contributed by atoms with van der Waals surface area (Å²) in [5, 5.41) is 1.43. The third-order valence-electron chi connectivity index (χ3n) is 3.60. The molecule has 0 aromatic heterocycles. The smallest absolute Gasteiger partial charge is 0.268 e. The first-order valence-electron chi connectivity index (χ1n) is 7.33. The minimum atomic E-state index is -0.0924. The van der Waals surface area contributed by atoms with Crippen molar-refractivity contribution in [3.8, 4) is 0 Å². The average Bonchev–Trinajstić information content (AvgIpc) is 2.31. The number of hydrogen-bond acceptors (Lipinski definition) is 2. The zero-order valence-electron chi connectivity index (χ0n) is 13.7. The number of carbonyl (C=O) groups is 1. The summed E-state index contributed by atoms with van der Waals surface area (Å²) in [5.74, 6) is 6.06. The zero-order chi connectivity index (χ0) is 15.5. The van der Waals surface area contributed by atoms with Crippen LogP contribution in [0.5, 0.6) is 0 Å². The van der Waals surface area contributed by atoms with E-state index in [0.29, 0.717) is 5.56 Å². The summed E-state index contributed by atoms with van der Waals surface area (Å²) in [6.07, 6.45) is 1.92. The van der Waals surface area contributed by atoms with Crippen LogP contribution in [0.15, 0.2) is 18.2 Å². The Bertz CT molecular complexity index is 454. The Labute approximate surface area is 123 Å². The average molecular weight is 276 g/mol. The van der Waals surface area contributed by atoms with Gasteiger partial charge >= 0.3 is 0 Å². The largest absolute Gasteiger partial charge is 0.273 e. The Morgan fingerprint density at radius 1 is 1.20 bits per heavy atom. The van der Waals surface area contributed by atoms with Gasteiger partial charge < -0.3 is 0 Å². The van der Waals surface area contributed by atoms with Crippen LogP contribution in [0.3, 0.4) is 0 Å². The summed E-state index contributed by atoms with van der Waals surface area (Å²) in [5.41, 5.74) is 2.82. The van der Waals surface area contributed by atoms with Gasteiger partial charge in [-0.3, -0.25) is 9.80 Å². The summed E-state index contributed by atoms with van der Waals surface area (Å²) in [6.45, 7) is 12.5. The van der Waals surface area contributed by atoms with E-state index >= 15 is 0 Å². The van der Waals surface area contributed by atoms with Crippen LogP contribution in [0.2, 0.25) is 0 Å². The van der Waals surface area contributed by atoms with Crippen molar-refractivity contribution in [2.75, 3.05) is 0 Å². The first-order chi connectivity index (χ1) is 9.16. The number of amides is 1. The Morgan fingerprint density at radius 2 is 1.70 bits per heavy atom. The van der Waals surface area contributed by atoms with Gasteiger partial charge in [0.05, 0.1) is 6.04 Å². The van der Waals surface area contributed by atoms with Gasteiger partial charge in [-0.1, -0.05) is 51.3 Å². The third-order valence-corrected chi connectivity index (χ3v) is 3.60. The van der Waals surface area contributed by atoms with Crippen LogP contribution in [0.25, 0.3) is 0 Å². The van der Waals surface area contributed by atoms with E-state index in [1.807, 2.05) is 26.0 Å². The topological polar surface area (TPSA) is 46.3 Å². The maximum Gasteiger partial charge on any atom is 0.268 e. The van der Waals surface area contributed by atoms with Crippen molar-refractivity contribution in [1.82, 2.24) is 5.01 Å². The predicted molar refractivity (Wildman–Crippen MR) is 84.4 cm³/mol. The van der Waals surface area contributed by atoms with Gasteiger partial charge in [-0.2, -0.15) is 0 Å². The molecule has 1 aromatic rings. The van der Waals surface area contributed by atoms with Crippen molar-refractivity contribution in [2.24, 2.45) is 11.3 Å². The second-order valence-corrected chi connectivity index (χ2v) is 6.76. The van der Waals surface area contributed by atoms with Crippen molar-refractivity contribution in [3.05, 3.63) is 34.9 Å². The van der Waals surface area contributed by atoms with Gasteiger partial charge in [0, 0.05) is 5.56 Å². The predicted octanol–water partition coefficient (Wildman–Crippen LogP) is 3.83. The fraction of sp³-hybridized carbons (Fsp3) is 0.588. The van der Waals surface area contributed by atoms with E-state index in [2.05, 4.69) is 33.8 Å². The second-order valence-electron chi connectivity index (χ2n) is 6.76. The summed E-state index contributed by atoms with van der Waals surface area (Å²) in [6, 6.07) is 5.91. The van der Waals surface area contributed by atoms with E-state index in [1.165, 1.54) is 5.01 Å². The van der Waals surface area contributed by atoms with Gasteiger partial charge in [-0.15, -0.1) is 0 Å². The first kappa shape index (κ1) is 16.7. The molecule has 20 heavy (non-hydrogen) atoms. The zero-order valence-corrected chi connectivity index (χ0v) is 13.7. The Balaban J connectivity index is 3.05. The number of carbonyl (C=O) groups excluding carboxylic acids is 1. The standard InChI is InChI=1S/C17H28N2O/c1-7-8-15(17(4,5)6)19(18)16(20)14-10-12(2)9-13(3)11-14/h9-11,15H,7-8,18H2,1-6H3. The van der Waals surface area contributed by atoms with Crippen LogP contribution in [0, 0.1) is 19.3 Å². The van der Waals surface area contributed by atoms with Crippen molar-refractivity contribution in [2.45, 2.75) is 60.4 Å². The summed E-state index contributed by atoms with van der Waals surface area (Å²) in [4.78, 5) is 12.6. The number of aryl methyl sites for hydroxylation is 2. The third kappa shape index (κ3) is 4.07. The minimum absolute atomic E-state index is 0.0285. The number of hydrazine groups is 1. The molecule has 1 rings (SSSR count). The highest BCUT2D eigenvalue weighted by Crippen LogP contribution is 2.27. The van der Waals surface area contributed by atoms with Crippen LogP contribution in [0.1, 0.15) is 62.0 Å². The van der Waals surface area contributed by atoms with Crippen molar-refractivity contribution >= 4 is 5.91 Å². The lowest BCUT2D eigenvalue weighted by atomic mass is 9.83. The Kier molecular flexibility index (Phi) is 5.35. The number of benzene rings is 1. The van der Waals surface area contributed by atoms with Crippen LogP contribution >= 0.6 is 0 Å². The monoisotopic (exact) mass is 276 g/mol. The molecule has 0 radical (unpaired) electrons. The molecular weight excluding hydrogens is 248 g/mol. The van der Waals surface area contributed by atoms with E-state index in [4.69, 9.17) is 5.84 Å². The van der Waals surface area contributed by atoms with E-state index in [0.717, 1.165) is 24.0 Å². The quantitative estimate of drug-likeness (QED) is 0.516. The molecule has 2 N–H and O–H groups in total.